The van der Waals surface area contributed by atoms with Crippen LogP contribution in [0.1, 0.15) is 47.9 Å². The third-order valence-corrected chi connectivity index (χ3v) is 3.45. The van der Waals surface area contributed by atoms with E-state index in [1.165, 1.54) is 0 Å². The fourth-order valence-corrected chi connectivity index (χ4v) is 2.21. The number of nitrogens with one attached hydrogen (secondary N) is 2. The van der Waals surface area contributed by atoms with E-state index in [-0.39, 0.29) is 5.91 Å². The molecular weight excluding hydrogens is 288 g/mol. The highest BCUT2D eigenvalue weighted by Gasteiger charge is 2.10. The summed E-state index contributed by atoms with van der Waals surface area (Å²) in [6.45, 7) is 5.31. The van der Waals surface area contributed by atoms with E-state index in [2.05, 4.69) is 27.5 Å². The molecule has 1 aromatic heterocycles. The van der Waals surface area contributed by atoms with Crippen molar-refractivity contribution in [3.8, 4) is 0 Å². The number of hydrogen-bond acceptors (Lipinski definition) is 4. The van der Waals surface area contributed by atoms with E-state index in [9.17, 15) is 4.79 Å². The summed E-state index contributed by atoms with van der Waals surface area (Å²) in [7, 11) is 0. The van der Waals surface area contributed by atoms with Gasteiger partial charge in [0.1, 0.15) is 5.69 Å². The maximum absolute atomic E-state index is 12.2. The molecule has 5 nitrogen and oxygen atoms in total. The van der Waals surface area contributed by atoms with Crippen molar-refractivity contribution in [3.63, 3.8) is 0 Å². The van der Waals surface area contributed by atoms with E-state index in [0.717, 1.165) is 30.5 Å². The van der Waals surface area contributed by atoms with Gasteiger partial charge in [-0.3, -0.25) is 4.79 Å². The van der Waals surface area contributed by atoms with Crippen LogP contribution in [0.25, 0.3) is 0 Å². The Balaban J connectivity index is 1.96. The number of carbonyl (C=O) groups is 1. The predicted octanol–water partition coefficient (Wildman–Crippen LogP) is 3.32. The molecule has 122 valence electrons. The van der Waals surface area contributed by atoms with Crippen molar-refractivity contribution in [1.82, 2.24) is 15.3 Å². The number of anilines is 1. The number of aryl methyl sites for hydroxylation is 1. The number of amides is 1. The summed E-state index contributed by atoms with van der Waals surface area (Å²) in [4.78, 5) is 20.8. The van der Waals surface area contributed by atoms with Crippen LogP contribution in [-0.4, -0.2) is 22.4 Å². The predicted molar refractivity (Wildman–Crippen MR) is 92.4 cm³/mol. The zero-order valence-electron chi connectivity index (χ0n) is 13.8. The molecule has 1 amide bonds. The largest absolute Gasteiger partial charge is 0.351 e. The molecule has 1 aromatic carbocycles. The number of benzene rings is 1. The molecule has 2 aromatic rings. The standard InChI is InChI=1S/C18H24N4O/c1-3-4-8-11-19-17(23)16-12-14(2)21-18(22-16)20-13-15-9-6-5-7-10-15/h5-7,9-10,12H,3-4,8,11,13H2,1-2H3,(H,19,23)(H,20,21,22). The summed E-state index contributed by atoms with van der Waals surface area (Å²) in [5.74, 6) is 0.335. The number of rotatable bonds is 8. The van der Waals surface area contributed by atoms with Gasteiger partial charge < -0.3 is 10.6 Å². The summed E-state index contributed by atoms with van der Waals surface area (Å²) in [6.07, 6.45) is 3.24. The first kappa shape index (κ1) is 16.9. The van der Waals surface area contributed by atoms with Crippen LogP contribution in [0.15, 0.2) is 36.4 Å². The molecule has 0 aliphatic heterocycles. The lowest BCUT2D eigenvalue weighted by Crippen LogP contribution is -2.26. The van der Waals surface area contributed by atoms with Gasteiger partial charge in [0.05, 0.1) is 0 Å². The lowest BCUT2D eigenvalue weighted by molar-refractivity contribution is 0.0948. The van der Waals surface area contributed by atoms with Crippen molar-refractivity contribution in [1.29, 1.82) is 0 Å². The highest BCUT2D eigenvalue weighted by molar-refractivity contribution is 5.92. The molecule has 0 bridgehead atoms. The number of carbonyl (C=O) groups excluding carboxylic acids is 1. The Kier molecular flexibility index (Phi) is 6.54. The molecule has 0 spiro atoms. The van der Waals surface area contributed by atoms with Crippen LogP contribution >= 0.6 is 0 Å². The second-order valence-corrected chi connectivity index (χ2v) is 5.52. The average molecular weight is 312 g/mol. The van der Waals surface area contributed by atoms with Crippen molar-refractivity contribution < 1.29 is 4.79 Å². The van der Waals surface area contributed by atoms with Crippen LogP contribution in [0.5, 0.6) is 0 Å². The second kappa shape index (κ2) is 8.88. The van der Waals surface area contributed by atoms with Gasteiger partial charge >= 0.3 is 0 Å². The summed E-state index contributed by atoms with van der Waals surface area (Å²) in [5.41, 5.74) is 2.32. The van der Waals surface area contributed by atoms with Gasteiger partial charge in [0.2, 0.25) is 5.95 Å². The van der Waals surface area contributed by atoms with Gasteiger partial charge in [-0.25, -0.2) is 9.97 Å². The number of nitrogens with zero attached hydrogens (tertiary/aromatic N) is 2. The molecule has 23 heavy (non-hydrogen) atoms. The molecule has 0 unspecified atom stereocenters. The first-order valence-electron chi connectivity index (χ1n) is 8.10. The van der Waals surface area contributed by atoms with Crippen LogP contribution in [0.4, 0.5) is 5.95 Å². The van der Waals surface area contributed by atoms with Crippen LogP contribution in [0, 0.1) is 6.92 Å². The Hall–Kier alpha value is -2.43. The molecule has 2 rings (SSSR count). The van der Waals surface area contributed by atoms with Gasteiger partial charge in [0.25, 0.3) is 5.91 Å². The van der Waals surface area contributed by atoms with E-state index >= 15 is 0 Å². The minimum absolute atomic E-state index is 0.144. The fourth-order valence-electron chi connectivity index (χ4n) is 2.21. The Bertz CT molecular complexity index is 628. The molecule has 0 aliphatic rings. The third kappa shape index (κ3) is 5.70. The first-order chi connectivity index (χ1) is 11.2. The Morgan fingerprint density at radius 3 is 2.65 bits per heavy atom. The number of unbranched alkanes of at least 4 members (excludes halogenated alkanes) is 2. The maximum atomic E-state index is 12.2. The van der Waals surface area contributed by atoms with E-state index in [0.29, 0.717) is 24.7 Å². The second-order valence-electron chi connectivity index (χ2n) is 5.52. The van der Waals surface area contributed by atoms with Crippen molar-refractivity contribution in [2.45, 2.75) is 39.7 Å². The minimum atomic E-state index is -0.144. The molecule has 0 saturated carbocycles. The lowest BCUT2D eigenvalue weighted by Gasteiger charge is -2.09. The minimum Gasteiger partial charge on any atom is -0.351 e. The SMILES string of the molecule is CCCCCNC(=O)c1cc(C)nc(NCc2ccccc2)n1. The summed E-state index contributed by atoms with van der Waals surface area (Å²) >= 11 is 0. The molecule has 1 heterocycles. The van der Waals surface area contributed by atoms with Crippen molar-refractivity contribution >= 4 is 11.9 Å². The monoisotopic (exact) mass is 312 g/mol. The molecular formula is C18H24N4O. The molecule has 5 heteroatoms. The molecule has 0 radical (unpaired) electrons. The van der Waals surface area contributed by atoms with E-state index in [1.807, 2.05) is 37.3 Å². The maximum Gasteiger partial charge on any atom is 0.270 e. The Labute approximate surface area is 137 Å². The fraction of sp³-hybridized carbons (Fsp3) is 0.389. The van der Waals surface area contributed by atoms with Crippen LogP contribution in [0.3, 0.4) is 0 Å². The van der Waals surface area contributed by atoms with Crippen molar-refractivity contribution in [2.24, 2.45) is 0 Å². The quantitative estimate of drug-likeness (QED) is 0.734. The van der Waals surface area contributed by atoms with Gasteiger partial charge in [-0.05, 0) is 25.0 Å². The Morgan fingerprint density at radius 1 is 1.13 bits per heavy atom. The zero-order valence-corrected chi connectivity index (χ0v) is 13.8. The van der Waals surface area contributed by atoms with Gasteiger partial charge in [0, 0.05) is 18.8 Å². The lowest BCUT2D eigenvalue weighted by atomic mass is 10.2. The van der Waals surface area contributed by atoms with Crippen LogP contribution in [0.2, 0.25) is 0 Å². The highest BCUT2D eigenvalue weighted by atomic mass is 16.1. The molecule has 2 N–H and O–H groups in total. The normalized spacial score (nSPS) is 10.3. The molecule has 0 aliphatic carbocycles. The van der Waals surface area contributed by atoms with Gasteiger partial charge in [0.15, 0.2) is 0 Å². The summed E-state index contributed by atoms with van der Waals surface area (Å²) < 4.78 is 0. The topological polar surface area (TPSA) is 66.9 Å². The number of aromatic nitrogens is 2. The van der Waals surface area contributed by atoms with Crippen LogP contribution < -0.4 is 10.6 Å². The van der Waals surface area contributed by atoms with Gasteiger partial charge in [-0.1, -0.05) is 50.1 Å². The molecule has 0 saturated heterocycles. The van der Waals surface area contributed by atoms with Gasteiger partial charge in [-0.2, -0.15) is 0 Å². The first-order valence-corrected chi connectivity index (χ1v) is 8.10. The van der Waals surface area contributed by atoms with E-state index < -0.39 is 0 Å². The third-order valence-electron chi connectivity index (χ3n) is 3.45. The molecule has 0 fully saturated rings. The Morgan fingerprint density at radius 2 is 1.91 bits per heavy atom. The summed E-state index contributed by atoms with van der Waals surface area (Å²) in [6, 6.07) is 11.7. The van der Waals surface area contributed by atoms with Crippen molar-refractivity contribution in [3.05, 3.63) is 53.3 Å². The number of hydrogen-bond donors (Lipinski definition) is 2. The van der Waals surface area contributed by atoms with Crippen LogP contribution in [-0.2, 0) is 6.54 Å². The van der Waals surface area contributed by atoms with E-state index in [1.54, 1.807) is 6.07 Å². The highest BCUT2D eigenvalue weighted by Crippen LogP contribution is 2.07. The molecule has 0 atom stereocenters. The van der Waals surface area contributed by atoms with Gasteiger partial charge in [-0.15, -0.1) is 0 Å². The zero-order chi connectivity index (χ0) is 16.5. The van der Waals surface area contributed by atoms with Crippen molar-refractivity contribution in [2.75, 3.05) is 11.9 Å². The van der Waals surface area contributed by atoms with E-state index in [4.69, 9.17) is 0 Å². The summed E-state index contributed by atoms with van der Waals surface area (Å²) in [5, 5.41) is 6.08. The average Bonchev–Trinajstić information content (AvgIpc) is 2.57. The smallest absolute Gasteiger partial charge is 0.270 e.